The molecule has 1 unspecified atom stereocenters. The number of furan rings is 1. The summed E-state index contributed by atoms with van der Waals surface area (Å²) >= 11 is 12.3. The zero-order chi connectivity index (χ0) is 15.4. The number of benzene rings is 1. The van der Waals surface area contributed by atoms with E-state index in [1.165, 1.54) is 0 Å². The largest absolute Gasteiger partial charge is 0.456 e. The zero-order valence-electron chi connectivity index (χ0n) is 12.0. The van der Waals surface area contributed by atoms with E-state index >= 15 is 0 Å². The molecular formula is C16H17Cl2NO2. The van der Waals surface area contributed by atoms with E-state index < -0.39 is 0 Å². The van der Waals surface area contributed by atoms with Crippen LogP contribution in [-0.2, 0) is 6.42 Å². The summed E-state index contributed by atoms with van der Waals surface area (Å²) in [5.41, 5.74) is 0.842. The number of carbonyl (C=O) groups excluding carboxylic acids is 1. The Morgan fingerprint density at radius 3 is 2.48 bits per heavy atom. The van der Waals surface area contributed by atoms with Crippen LogP contribution >= 0.6 is 23.2 Å². The van der Waals surface area contributed by atoms with Gasteiger partial charge >= 0.3 is 0 Å². The fourth-order valence-electron chi connectivity index (χ4n) is 2.11. The van der Waals surface area contributed by atoms with Crippen molar-refractivity contribution in [2.75, 3.05) is 6.54 Å². The van der Waals surface area contributed by atoms with Gasteiger partial charge in [-0.15, -0.1) is 0 Å². The van der Waals surface area contributed by atoms with Crippen molar-refractivity contribution < 1.29 is 9.21 Å². The van der Waals surface area contributed by atoms with E-state index in [2.05, 4.69) is 5.32 Å². The van der Waals surface area contributed by atoms with E-state index in [9.17, 15) is 4.79 Å². The highest BCUT2D eigenvalue weighted by atomic mass is 35.5. The number of aryl methyl sites for hydroxylation is 1. The summed E-state index contributed by atoms with van der Waals surface area (Å²) in [7, 11) is 0. The number of rotatable bonds is 5. The molecule has 5 heteroatoms. The molecule has 0 saturated carbocycles. The molecule has 0 bridgehead atoms. The Labute approximate surface area is 134 Å². The van der Waals surface area contributed by atoms with Crippen LogP contribution in [0.4, 0.5) is 0 Å². The minimum atomic E-state index is -0.232. The molecule has 1 aromatic carbocycles. The Hall–Kier alpha value is -1.45. The first-order valence-electron chi connectivity index (χ1n) is 6.83. The van der Waals surface area contributed by atoms with Gasteiger partial charge in [0.2, 0.25) is 0 Å². The summed E-state index contributed by atoms with van der Waals surface area (Å²) < 4.78 is 5.42. The summed E-state index contributed by atoms with van der Waals surface area (Å²) in [5.74, 6) is 0.895. The lowest BCUT2D eigenvalue weighted by Gasteiger charge is -2.15. The molecule has 0 aliphatic heterocycles. The van der Waals surface area contributed by atoms with Crippen LogP contribution in [0.15, 0.2) is 34.7 Å². The van der Waals surface area contributed by atoms with Gasteiger partial charge < -0.3 is 9.73 Å². The van der Waals surface area contributed by atoms with E-state index in [-0.39, 0.29) is 11.8 Å². The summed E-state index contributed by atoms with van der Waals surface area (Å²) in [5, 5.41) is 4.05. The maximum Gasteiger partial charge on any atom is 0.287 e. The van der Waals surface area contributed by atoms with E-state index in [0.717, 1.165) is 17.7 Å². The number of hydrogen-bond donors (Lipinski definition) is 1. The Bertz CT molecular complexity index is 617. The first-order valence-corrected chi connectivity index (χ1v) is 7.59. The number of amides is 1. The van der Waals surface area contributed by atoms with E-state index in [0.29, 0.717) is 22.4 Å². The SMILES string of the molecule is CCc1ccc(C(=O)NCC(C)c2c(Cl)cccc2Cl)o1. The molecule has 21 heavy (non-hydrogen) atoms. The molecule has 0 fully saturated rings. The maximum atomic E-state index is 12.0. The van der Waals surface area contributed by atoms with E-state index in [4.69, 9.17) is 27.6 Å². The van der Waals surface area contributed by atoms with Crippen LogP contribution in [0.1, 0.15) is 41.6 Å². The van der Waals surface area contributed by atoms with Crippen LogP contribution in [0.3, 0.4) is 0 Å². The quantitative estimate of drug-likeness (QED) is 0.867. The molecular weight excluding hydrogens is 309 g/mol. The van der Waals surface area contributed by atoms with Crippen molar-refractivity contribution in [3.05, 3.63) is 57.5 Å². The Kier molecular flexibility index (Phi) is 5.32. The molecule has 0 radical (unpaired) electrons. The molecule has 2 aromatic rings. The molecule has 0 aliphatic rings. The molecule has 1 heterocycles. The van der Waals surface area contributed by atoms with E-state index in [1.807, 2.05) is 19.9 Å². The van der Waals surface area contributed by atoms with Gasteiger partial charge in [0.1, 0.15) is 5.76 Å². The average molecular weight is 326 g/mol. The molecule has 0 saturated heterocycles. The number of halogens is 2. The van der Waals surface area contributed by atoms with Crippen LogP contribution in [0, 0.1) is 0 Å². The topological polar surface area (TPSA) is 42.2 Å². The Morgan fingerprint density at radius 2 is 1.90 bits per heavy atom. The van der Waals surface area contributed by atoms with Crippen molar-refractivity contribution in [1.29, 1.82) is 0 Å². The smallest absolute Gasteiger partial charge is 0.287 e. The predicted molar refractivity (Wildman–Crippen MR) is 85.3 cm³/mol. The van der Waals surface area contributed by atoms with Gasteiger partial charge in [0.15, 0.2) is 5.76 Å². The second kappa shape index (κ2) is 7.01. The lowest BCUT2D eigenvalue weighted by atomic mass is 10.0. The molecule has 1 atom stereocenters. The summed E-state index contributed by atoms with van der Waals surface area (Å²) in [4.78, 5) is 12.0. The van der Waals surface area contributed by atoms with Crippen LogP contribution in [-0.4, -0.2) is 12.5 Å². The second-order valence-corrected chi connectivity index (χ2v) is 5.68. The van der Waals surface area contributed by atoms with Crippen molar-refractivity contribution in [2.45, 2.75) is 26.2 Å². The van der Waals surface area contributed by atoms with Crippen LogP contribution in [0.2, 0.25) is 10.0 Å². The minimum absolute atomic E-state index is 0.00996. The highest BCUT2D eigenvalue weighted by molar-refractivity contribution is 6.36. The second-order valence-electron chi connectivity index (χ2n) is 4.87. The van der Waals surface area contributed by atoms with Crippen molar-refractivity contribution in [3.8, 4) is 0 Å². The lowest BCUT2D eigenvalue weighted by Crippen LogP contribution is -2.27. The molecule has 1 aromatic heterocycles. The average Bonchev–Trinajstić information content (AvgIpc) is 2.93. The molecule has 2 rings (SSSR count). The fourth-order valence-corrected chi connectivity index (χ4v) is 2.88. The molecule has 0 spiro atoms. The normalized spacial score (nSPS) is 12.2. The van der Waals surface area contributed by atoms with Crippen LogP contribution < -0.4 is 5.32 Å². The monoisotopic (exact) mass is 325 g/mol. The third-order valence-electron chi connectivity index (χ3n) is 3.30. The Balaban J connectivity index is 2.00. The molecule has 0 aliphatic carbocycles. The van der Waals surface area contributed by atoms with Gasteiger partial charge in [-0.05, 0) is 29.8 Å². The van der Waals surface area contributed by atoms with Gasteiger partial charge in [0.25, 0.3) is 5.91 Å². The van der Waals surface area contributed by atoms with Gasteiger partial charge in [0.05, 0.1) is 0 Å². The van der Waals surface area contributed by atoms with Crippen molar-refractivity contribution in [2.24, 2.45) is 0 Å². The molecule has 1 N–H and O–H groups in total. The van der Waals surface area contributed by atoms with Crippen LogP contribution in [0.25, 0.3) is 0 Å². The van der Waals surface area contributed by atoms with Gasteiger partial charge in [-0.3, -0.25) is 4.79 Å². The molecule has 112 valence electrons. The van der Waals surface area contributed by atoms with Crippen molar-refractivity contribution in [3.63, 3.8) is 0 Å². The first-order chi connectivity index (χ1) is 10.0. The van der Waals surface area contributed by atoms with Gasteiger partial charge in [-0.1, -0.05) is 43.1 Å². The van der Waals surface area contributed by atoms with E-state index in [1.54, 1.807) is 24.3 Å². The van der Waals surface area contributed by atoms with Gasteiger partial charge in [-0.2, -0.15) is 0 Å². The molecule has 3 nitrogen and oxygen atoms in total. The summed E-state index contributed by atoms with van der Waals surface area (Å²) in [6, 6.07) is 8.88. The zero-order valence-corrected chi connectivity index (χ0v) is 13.5. The highest BCUT2D eigenvalue weighted by Gasteiger charge is 2.16. The van der Waals surface area contributed by atoms with Crippen molar-refractivity contribution in [1.82, 2.24) is 5.32 Å². The van der Waals surface area contributed by atoms with Gasteiger partial charge in [0, 0.05) is 28.9 Å². The number of carbonyl (C=O) groups is 1. The number of hydrogen-bond acceptors (Lipinski definition) is 2. The highest BCUT2D eigenvalue weighted by Crippen LogP contribution is 2.30. The summed E-state index contributed by atoms with van der Waals surface area (Å²) in [6.07, 6.45) is 0.763. The first kappa shape index (κ1) is 15.9. The summed E-state index contributed by atoms with van der Waals surface area (Å²) in [6.45, 7) is 4.37. The fraction of sp³-hybridized carbons (Fsp3) is 0.312. The van der Waals surface area contributed by atoms with Crippen molar-refractivity contribution >= 4 is 29.1 Å². The maximum absolute atomic E-state index is 12.0. The lowest BCUT2D eigenvalue weighted by molar-refractivity contribution is 0.0922. The molecule has 1 amide bonds. The third kappa shape index (κ3) is 3.80. The van der Waals surface area contributed by atoms with Crippen LogP contribution in [0.5, 0.6) is 0 Å². The third-order valence-corrected chi connectivity index (χ3v) is 3.95. The van der Waals surface area contributed by atoms with Gasteiger partial charge in [-0.25, -0.2) is 0 Å². The number of nitrogens with one attached hydrogen (secondary N) is 1. The Morgan fingerprint density at radius 1 is 1.24 bits per heavy atom. The standard InChI is InChI=1S/C16H17Cl2NO2/c1-3-11-7-8-14(21-11)16(20)19-9-10(2)15-12(17)5-4-6-13(15)18/h4-8,10H,3,9H2,1-2H3,(H,19,20). The predicted octanol–water partition coefficient (Wildman–Crippen LogP) is 4.68. The minimum Gasteiger partial charge on any atom is -0.456 e.